The second kappa shape index (κ2) is 5.85. The van der Waals surface area contributed by atoms with Crippen molar-refractivity contribution >= 4 is 5.91 Å². The van der Waals surface area contributed by atoms with Gasteiger partial charge in [-0.25, -0.2) is 0 Å². The zero-order valence-electron chi connectivity index (χ0n) is 11.3. The Labute approximate surface area is 112 Å². The maximum absolute atomic E-state index is 12.2. The van der Waals surface area contributed by atoms with Crippen molar-refractivity contribution in [3.05, 3.63) is 17.5 Å². The van der Waals surface area contributed by atoms with Gasteiger partial charge >= 0.3 is 0 Å². The van der Waals surface area contributed by atoms with Crippen molar-refractivity contribution in [2.24, 2.45) is 0 Å². The topological polar surface area (TPSA) is 73.4 Å². The van der Waals surface area contributed by atoms with Gasteiger partial charge in [-0.15, -0.1) is 0 Å². The molecule has 0 spiro atoms. The molecule has 6 nitrogen and oxygen atoms in total. The number of piperazine rings is 1. The van der Waals surface area contributed by atoms with Gasteiger partial charge in [-0.05, 0) is 13.3 Å². The first-order valence-corrected chi connectivity index (χ1v) is 6.51. The Hall–Kier alpha value is -1.87. The third-order valence-corrected chi connectivity index (χ3v) is 3.56. The average Bonchev–Trinajstić information content (AvgIpc) is 2.86. The maximum atomic E-state index is 12.2. The van der Waals surface area contributed by atoms with Gasteiger partial charge in [-0.2, -0.15) is 5.26 Å². The summed E-state index contributed by atoms with van der Waals surface area (Å²) in [6, 6.07) is 2.25. The normalized spacial score (nSPS) is 18.1. The lowest BCUT2D eigenvalue weighted by Gasteiger charge is -2.36. The molecule has 0 aliphatic carbocycles. The van der Waals surface area contributed by atoms with Crippen LogP contribution in [0.2, 0.25) is 0 Å². The average molecular weight is 262 g/mol. The summed E-state index contributed by atoms with van der Waals surface area (Å²) >= 11 is 0. The van der Waals surface area contributed by atoms with Gasteiger partial charge in [0.15, 0.2) is 0 Å². The van der Waals surface area contributed by atoms with Crippen LogP contribution in [0, 0.1) is 18.3 Å². The van der Waals surface area contributed by atoms with Crippen LogP contribution in [0.15, 0.2) is 10.7 Å². The van der Waals surface area contributed by atoms with Crippen molar-refractivity contribution < 1.29 is 9.32 Å². The van der Waals surface area contributed by atoms with Crippen molar-refractivity contribution in [1.29, 1.82) is 5.26 Å². The number of amides is 1. The fourth-order valence-corrected chi connectivity index (χ4v) is 2.34. The number of nitriles is 1. The van der Waals surface area contributed by atoms with Gasteiger partial charge in [0.25, 0.3) is 5.91 Å². The zero-order valence-corrected chi connectivity index (χ0v) is 11.3. The zero-order chi connectivity index (χ0) is 13.8. The minimum Gasteiger partial charge on any atom is -0.361 e. The number of aryl methyl sites for hydroxylation is 1. The lowest BCUT2D eigenvalue weighted by molar-refractivity contribution is 0.0603. The molecule has 1 aromatic rings. The van der Waals surface area contributed by atoms with Crippen molar-refractivity contribution in [1.82, 2.24) is 15.0 Å². The van der Waals surface area contributed by atoms with Crippen LogP contribution in [-0.2, 0) is 0 Å². The first kappa shape index (κ1) is 13.6. The van der Waals surface area contributed by atoms with Crippen molar-refractivity contribution in [2.45, 2.75) is 26.3 Å². The Morgan fingerprint density at radius 1 is 1.53 bits per heavy atom. The van der Waals surface area contributed by atoms with Crippen LogP contribution in [-0.4, -0.2) is 53.1 Å². The molecule has 1 amide bonds. The quantitative estimate of drug-likeness (QED) is 0.813. The van der Waals surface area contributed by atoms with Crippen LogP contribution >= 0.6 is 0 Å². The Balaban J connectivity index is 1.96. The first-order valence-electron chi connectivity index (χ1n) is 6.51. The van der Waals surface area contributed by atoms with Gasteiger partial charge in [-0.1, -0.05) is 12.1 Å². The highest BCUT2D eigenvalue weighted by Gasteiger charge is 2.27. The lowest BCUT2D eigenvalue weighted by atomic mass is 10.1. The van der Waals surface area contributed by atoms with Gasteiger partial charge in [0.05, 0.1) is 18.3 Å². The standard InChI is InChI=1S/C13H18N4O2/c1-3-11(8-14)16-4-6-17(7-5-16)13(18)12-9-15-19-10(12)2/h9,11H,3-7H2,1-2H3. The number of nitrogens with zero attached hydrogens (tertiary/aromatic N) is 4. The summed E-state index contributed by atoms with van der Waals surface area (Å²) in [7, 11) is 0. The molecule has 6 heteroatoms. The summed E-state index contributed by atoms with van der Waals surface area (Å²) < 4.78 is 4.92. The van der Waals surface area contributed by atoms with E-state index in [4.69, 9.17) is 9.78 Å². The number of carbonyl (C=O) groups is 1. The van der Waals surface area contributed by atoms with E-state index in [-0.39, 0.29) is 11.9 Å². The minimum absolute atomic E-state index is 0.0385. The molecule has 0 aromatic carbocycles. The van der Waals surface area contributed by atoms with E-state index in [1.807, 2.05) is 6.92 Å². The molecule has 2 heterocycles. The number of aromatic nitrogens is 1. The summed E-state index contributed by atoms with van der Waals surface area (Å²) in [5, 5.41) is 12.7. The fourth-order valence-electron chi connectivity index (χ4n) is 2.34. The highest BCUT2D eigenvalue weighted by molar-refractivity contribution is 5.94. The highest BCUT2D eigenvalue weighted by atomic mass is 16.5. The van der Waals surface area contributed by atoms with E-state index in [1.165, 1.54) is 6.20 Å². The van der Waals surface area contributed by atoms with Crippen LogP contribution in [0.25, 0.3) is 0 Å². The third kappa shape index (κ3) is 2.76. The molecule has 0 bridgehead atoms. The highest BCUT2D eigenvalue weighted by Crippen LogP contribution is 2.14. The molecular formula is C13H18N4O2. The second-order valence-corrected chi connectivity index (χ2v) is 4.68. The first-order chi connectivity index (χ1) is 9.17. The van der Waals surface area contributed by atoms with Gasteiger partial charge < -0.3 is 9.42 Å². The van der Waals surface area contributed by atoms with Crippen LogP contribution in [0.5, 0.6) is 0 Å². The van der Waals surface area contributed by atoms with E-state index in [0.717, 1.165) is 19.5 Å². The Morgan fingerprint density at radius 2 is 2.21 bits per heavy atom. The summed E-state index contributed by atoms with van der Waals surface area (Å²) in [6.07, 6.45) is 2.28. The van der Waals surface area contributed by atoms with Crippen LogP contribution in [0.3, 0.4) is 0 Å². The van der Waals surface area contributed by atoms with Crippen LogP contribution in [0.4, 0.5) is 0 Å². The van der Waals surface area contributed by atoms with E-state index in [1.54, 1.807) is 11.8 Å². The molecule has 19 heavy (non-hydrogen) atoms. The monoisotopic (exact) mass is 262 g/mol. The van der Waals surface area contributed by atoms with Crippen molar-refractivity contribution in [2.75, 3.05) is 26.2 Å². The van der Waals surface area contributed by atoms with Gasteiger partial charge in [-0.3, -0.25) is 9.69 Å². The van der Waals surface area contributed by atoms with Crippen LogP contribution < -0.4 is 0 Å². The molecule has 0 N–H and O–H groups in total. The molecule has 2 rings (SSSR count). The molecule has 1 atom stereocenters. The van der Waals surface area contributed by atoms with Crippen LogP contribution in [0.1, 0.15) is 29.5 Å². The third-order valence-electron chi connectivity index (χ3n) is 3.56. The van der Waals surface area contributed by atoms with E-state index in [0.29, 0.717) is 24.4 Å². The summed E-state index contributed by atoms with van der Waals surface area (Å²) in [4.78, 5) is 16.2. The van der Waals surface area contributed by atoms with E-state index in [2.05, 4.69) is 16.1 Å². The molecule has 102 valence electrons. The SMILES string of the molecule is CCC(C#N)N1CCN(C(=O)c2cnoc2C)CC1. The second-order valence-electron chi connectivity index (χ2n) is 4.68. The van der Waals surface area contributed by atoms with E-state index < -0.39 is 0 Å². The molecule has 0 radical (unpaired) electrons. The van der Waals surface area contributed by atoms with E-state index >= 15 is 0 Å². The number of hydrogen-bond acceptors (Lipinski definition) is 5. The lowest BCUT2D eigenvalue weighted by Crippen LogP contribution is -2.51. The molecule has 1 aliphatic heterocycles. The maximum Gasteiger partial charge on any atom is 0.259 e. The molecular weight excluding hydrogens is 244 g/mol. The largest absolute Gasteiger partial charge is 0.361 e. The van der Waals surface area contributed by atoms with Gasteiger partial charge in [0.1, 0.15) is 11.3 Å². The number of carbonyl (C=O) groups excluding carboxylic acids is 1. The fraction of sp³-hybridized carbons (Fsp3) is 0.615. The predicted molar refractivity (Wildman–Crippen MR) is 68.4 cm³/mol. The van der Waals surface area contributed by atoms with E-state index in [9.17, 15) is 4.79 Å². The Bertz CT molecular complexity index is 483. The Kier molecular flexibility index (Phi) is 4.17. The predicted octanol–water partition coefficient (Wildman–Crippen LogP) is 1.04. The molecule has 1 aliphatic rings. The number of rotatable bonds is 3. The molecule has 0 saturated carbocycles. The molecule has 1 saturated heterocycles. The summed E-state index contributed by atoms with van der Waals surface area (Å²) in [5.74, 6) is 0.513. The number of hydrogen-bond donors (Lipinski definition) is 0. The smallest absolute Gasteiger partial charge is 0.259 e. The van der Waals surface area contributed by atoms with Crippen molar-refractivity contribution in [3.63, 3.8) is 0 Å². The van der Waals surface area contributed by atoms with Crippen molar-refractivity contribution in [3.8, 4) is 6.07 Å². The molecule has 1 aromatic heterocycles. The van der Waals surface area contributed by atoms with Gasteiger partial charge in [0.2, 0.25) is 0 Å². The minimum atomic E-state index is -0.0467. The van der Waals surface area contributed by atoms with Gasteiger partial charge in [0, 0.05) is 26.2 Å². The molecule has 1 unspecified atom stereocenters. The summed E-state index contributed by atoms with van der Waals surface area (Å²) in [6.45, 7) is 6.50. The summed E-state index contributed by atoms with van der Waals surface area (Å²) in [5.41, 5.74) is 0.528. The molecule has 1 fully saturated rings. The Morgan fingerprint density at radius 3 is 2.68 bits per heavy atom.